The van der Waals surface area contributed by atoms with E-state index in [2.05, 4.69) is 15.5 Å². The van der Waals surface area contributed by atoms with Crippen LogP contribution in [0.3, 0.4) is 0 Å². The van der Waals surface area contributed by atoms with Crippen LogP contribution in [0.25, 0.3) is 5.69 Å². The summed E-state index contributed by atoms with van der Waals surface area (Å²) in [5.41, 5.74) is 1.47. The number of aromatic amines is 1. The highest BCUT2D eigenvalue weighted by Gasteiger charge is 2.10. The van der Waals surface area contributed by atoms with Gasteiger partial charge in [-0.3, -0.25) is 14.5 Å². The van der Waals surface area contributed by atoms with E-state index in [1.165, 1.54) is 6.26 Å². The molecule has 0 unspecified atom stereocenters. The third-order valence-corrected chi connectivity index (χ3v) is 3.22. The number of furan rings is 1. The SMILES string of the molecule is Cc1n[nH]c(=S)n1-c1cccc(NC(=O)c2ccco2)c1. The van der Waals surface area contributed by atoms with Crippen molar-refractivity contribution in [3.63, 3.8) is 0 Å². The number of carbonyl (C=O) groups excluding carboxylic acids is 1. The summed E-state index contributed by atoms with van der Waals surface area (Å²) in [6.45, 7) is 1.85. The Bertz CT molecular complexity index is 833. The molecule has 2 N–H and O–H groups in total. The topological polar surface area (TPSA) is 75.8 Å². The van der Waals surface area contributed by atoms with E-state index < -0.39 is 0 Å². The summed E-state index contributed by atoms with van der Waals surface area (Å²) in [5, 5.41) is 9.57. The maximum absolute atomic E-state index is 12.0. The molecule has 3 rings (SSSR count). The zero-order valence-corrected chi connectivity index (χ0v) is 12.0. The van der Waals surface area contributed by atoms with E-state index in [9.17, 15) is 4.79 Å². The lowest BCUT2D eigenvalue weighted by molar-refractivity contribution is 0.0996. The molecule has 1 aromatic carbocycles. The van der Waals surface area contributed by atoms with Gasteiger partial charge in [-0.15, -0.1) is 0 Å². The predicted molar refractivity (Wildman–Crippen MR) is 80.1 cm³/mol. The molecule has 0 radical (unpaired) electrons. The zero-order chi connectivity index (χ0) is 14.8. The number of carbonyl (C=O) groups is 1. The second-order valence-corrected chi connectivity index (χ2v) is 4.78. The third kappa shape index (κ3) is 2.63. The quantitative estimate of drug-likeness (QED) is 0.729. The monoisotopic (exact) mass is 300 g/mol. The molecule has 0 saturated heterocycles. The highest BCUT2D eigenvalue weighted by Crippen LogP contribution is 2.17. The molecule has 0 atom stereocenters. The second-order valence-electron chi connectivity index (χ2n) is 4.39. The van der Waals surface area contributed by atoms with Crippen LogP contribution in [0.2, 0.25) is 0 Å². The Hall–Kier alpha value is -2.67. The molecule has 2 heterocycles. The maximum Gasteiger partial charge on any atom is 0.291 e. The van der Waals surface area contributed by atoms with Crippen LogP contribution in [0.4, 0.5) is 5.69 Å². The van der Waals surface area contributed by atoms with Gasteiger partial charge in [0.2, 0.25) is 0 Å². The minimum absolute atomic E-state index is 0.261. The molecule has 1 amide bonds. The van der Waals surface area contributed by atoms with Crippen LogP contribution in [-0.4, -0.2) is 20.7 Å². The van der Waals surface area contributed by atoms with Crippen LogP contribution in [0, 0.1) is 11.7 Å². The van der Waals surface area contributed by atoms with E-state index in [0.29, 0.717) is 10.5 Å². The number of aryl methyl sites for hydroxylation is 1. The first-order valence-corrected chi connectivity index (χ1v) is 6.65. The van der Waals surface area contributed by atoms with E-state index in [-0.39, 0.29) is 11.7 Å². The van der Waals surface area contributed by atoms with Crippen LogP contribution >= 0.6 is 12.2 Å². The lowest BCUT2D eigenvalue weighted by Crippen LogP contribution is -2.11. The number of H-pyrrole nitrogens is 1. The van der Waals surface area contributed by atoms with Crippen LogP contribution in [0.15, 0.2) is 47.1 Å². The largest absolute Gasteiger partial charge is 0.459 e. The predicted octanol–water partition coefficient (Wildman–Crippen LogP) is 3.08. The number of amides is 1. The van der Waals surface area contributed by atoms with Crippen LogP contribution in [-0.2, 0) is 0 Å². The highest BCUT2D eigenvalue weighted by molar-refractivity contribution is 7.71. The second kappa shape index (κ2) is 5.37. The van der Waals surface area contributed by atoms with Gasteiger partial charge in [0.1, 0.15) is 5.82 Å². The van der Waals surface area contributed by atoms with Crippen LogP contribution in [0.1, 0.15) is 16.4 Å². The van der Waals surface area contributed by atoms with Crippen molar-refractivity contribution in [2.45, 2.75) is 6.92 Å². The fraction of sp³-hybridized carbons (Fsp3) is 0.0714. The third-order valence-electron chi connectivity index (χ3n) is 2.95. The van der Waals surface area contributed by atoms with Gasteiger partial charge >= 0.3 is 0 Å². The average Bonchev–Trinajstić information content (AvgIpc) is 3.09. The standard InChI is InChI=1S/C14H12N4O2S/c1-9-16-17-14(21)18(9)11-5-2-4-10(8-11)15-13(19)12-6-3-7-20-12/h2-8H,1H3,(H,15,19)(H,17,21). The molecule has 0 fully saturated rings. The summed E-state index contributed by atoms with van der Waals surface area (Å²) in [5.74, 6) is 0.704. The maximum atomic E-state index is 12.0. The smallest absolute Gasteiger partial charge is 0.291 e. The first-order valence-electron chi connectivity index (χ1n) is 6.24. The highest BCUT2D eigenvalue weighted by atomic mass is 32.1. The van der Waals surface area contributed by atoms with E-state index in [4.69, 9.17) is 16.6 Å². The molecule has 6 nitrogen and oxygen atoms in total. The van der Waals surface area contributed by atoms with Gasteiger partial charge in [0.05, 0.1) is 12.0 Å². The Kier molecular flexibility index (Phi) is 3.41. The molecule has 7 heteroatoms. The van der Waals surface area contributed by atoms with Crippen molar-refractivity contribution in [2.75, 3.05) is 5.32 Å². The Balaban J connectivity index is 1.91. The lowest BCUT2D eigenvalue weighted by atomic mass is 10.2. The van der Waals surface area contributed by atoms with Crippen LogP contribution in [0.5, 0.6) is 0 Å². The molecule has 2 aromatic heterocycles. The molecule has 3 aromatic rings. The molecule has 106 valence electrons. The molecule has 0 aliphatic carbocycles. The summed E-state index contributed by atoms with van der Waals surface area (Å²) in [7, 11) is 0. The normalized spacial score (nSPS) is 10.5. The molecular weight excluding hydrogens is 288 g/mol. The van der Waals surface area contributed by atoms with Gasteiger partial charge < -0.3 is 9.73 Å². The fourth-order valence-corrected chi connectivity index (χ4v) is 2.29. The van der Waals surface area contributed by atoms with Gasteiger partial charge in [-0.25, -0.2) is 0 Å². The van der Waals surface area contributed by atoms with Gasteiger partial charge in [-0.2, -0.15) is 5.10 Å². The molecule has 0 saturated carbocycles. The average molecular weight is 300 g/mol. The lowest BCUT2D eigenvalue weighted by Gasteiger charge is -2.08. The summed E-state index contributed by atoms with van der Waals surface area (Å²) in [6, 6.07) is 10.6. The van der Waals surface area contributed by atoms with E-state index in [1.54, 1.807) is 22.8 Å². The fourth-order valence-electron chi connectivity index (χ4n) is 2.00. The van der Waals surface area contributed by atoms with Crippen molar-refractivity contribution in [3.8, 4) is 5.69 Å². The van der Waals surface area contributed by atoms with Gasteiger partial charge in [-0.1, -0.05) is 6.07 Å². The Morgan fingerprint density at radius 2 is 2.24 bits per heavy atom. The number of nitrogens with one attached hydrogen (secondary N) is 2. The van der Waals surface area contributed by atoms with E-state index in [1.807, 2.05) is 25.1 Å². The number of rotatable bonds is 3. The first kappa shape index (κ1) is 13.3. The Labute approximate surface area is 125 Å². The molecular formula is C14H12N4O2S. The molecule has 0 spiro atoms. The van der Waals surface area contributed by atoms with Crippen molar-refractivity contribution in [1.82, 2.24) is 14.8 Å². The Morgan fingerprint density at radius 3 is 2.90 bits per heavy atom. The Morgan fingerprint density at radius 1 is 1.38 bits per heavy atom. The first-order chi connectivity index (χ1) is 10.1. The van der Waals surface area contributed by atoms with E-state index in [0.717, 1.165) is 11.5 Å². The summed E-state index contributed by atoms with van der Waals surface area (Å²) in [4.78, 5) is 12.0. The van der Waals surface area contributed by atoms with Crippen molar-refractivity contribution >= 4 is 23.8 Å². The number of nitrogens with zero attached hydrogens (tertiary/aromatic N) is 2. The zero-order valence-electron chi connectivity index (χ0n) is 11.2. The van der Waals surface area contributed by atoms with Gasteiger partial charge in [0.15, 0.2) is 10.5 Å². The van der Waals surface area contributed by atoms with Gasteiger partial charge in [0.25, 0.3) is 5.91 Å². The van der Waals surface area contributed by atoms with E-state index >= 15 is 0 Å². The van der Waals surface area contributed by atoms with Crippen molar-refractivity contribution in [3.05, 3.63) is 59.0 Å². The number of hydrogen-bond acceptors (Lipinski definition) is 4. The molecule has 0 aliphatic rings. The minimum atomic E-state index is -0.301. The van der Waals surface area contributed by atoms with Gasteiger partial charge in [-0.05, 0) is 49.5 Å². The van der Waals surface area contributed by atoms with Crippen molar-refractivity contribution in [2.24, 2.45) is 0 Å². The number of aromatic nitrogens is 3. The summed E-state index contributed by atoms with van der Waals surface area (Å²) in [6.07, 6.45) is 1.46. The number of hydrogen-bond donors (Lipinski definition) is 2. The number of anilines is 1. The summed E-state index contributed by atoms with van der Waals surface area (Å²) >= 11 is 5.19. The molecule has 0 aliphatic heterocycles. The summed E-state index contributed by atoms with van der Waals surface area (Å²) < 4.78 is 7.35. The van der Waals surface area contributed by atoms with Crippen LogP contribution < -0.4 is 5.32 Å². The molecule has 0 bridgehead atoms. The van der Waals surface area contributed by atoms with Gasteiger partial charge in [0, 0.05) is 5.69 Å². The number of benzene rings is 1. The minimum Gasteiger partial charge on any atom is -0.459 e. The van der Waals surface area contributed by atoms with Crippen molar-refractivity contribution in [1.29, 1.82) is 0 Å². The molecule has 21 heavy (non-hydrogen) atoms. The van der Waals surface area contributed by atoms with Crippen molar-refractivity contribution < 1.29 is 9.21 Å².